The molecule has 0 bridgehead atoms. The lowest BCUT2D eigenvalue weighted by Crippen LogP contribution is -2.19. The van der Waals surface area contributed by atoms with Crippen molar-refractivity contribution in [1.82, 2.24) is 10.3 Å². The van der Waals surface area contributed by atoms with Crippen LogP contribution in [-0.2, 0) is 6.54 Å². The highest BCUT2D eigenvalue weighted by atomic mass is 32.1. The normalized spacial score (nSPS) is 12.6. The topological polar surface area (TPSA) is 24.9 Å². The standard InChI is InChI=1S/C15H20N2S/c1-4-15(13-7-5-11(2)6-8-13)17-10-14-9-16-12(3)18-14/h5-9,15,17H,4,10H2,1-3H3. The third-order valence-electron chi connectivity index (χ3n) is 3.08. The Morgan fingerprint density at radius 1 is 1.22 bits per heavy atom. The van der Waals surface area contributed by atoms with Gasteiger partial charge in [-0.05, 0) is 25.8 Å². The van der Waals surface area contributed by atoms with Crippen molar-refractivity contribution < 1.29 is 0 Å². The van der Waals surface area contributed by atoms with Gasteiger partial charge in [-0.1, -0.05) is 36.8 Å². The van der Waals surface area contributed by atoms with Gasteiger partial charge in [-0.3, -0.25) is 0 Å². The maximum absolute atomic E-state index is 4.28. The first-order valence-electron chi connectivity index (χ1n) is 6.40. The van der Waals surface area contributed by atoms with E-state index in [1.54, 1.807) is 11.3 Å². The van der Waals surface area contributed by atoms with Gasteiger partial charge in [-0.25, -0.2) is 4.98 Å². The molecule has 0 fully saturated rings. The Bertz CT molecular complexity index is 487. The molecular weight excluding hydrogens is 240 g/mol. The van der Waals surface area contributed by atoms with Gasteiger partial charge in [0.25, 0.3) is 0 Å². The highest BCUT2D eigenvalue weighted by Gasteiger charge is 2.09. The first-order chi connectivity index (χ1) is 8.69. The lowest BCUT2D eigenvalue weighted by Gasteiger charge is -2.17. The van der Waals surface area contributed by atoms with Crippen LogP contribution in [0.25, 0.3) is 0 Å². The van der Waals surface area contributed by atoms with Crippen LogP contribution in [0.15, 0.2) is 30.5 Å². The molecule has 1 aromatic heterocycles. The summed E-state index contributed by atoms with van der Waals surface area (Å²) >= 11 is 1.76. The molecule has 2 nitrogen and oxygen atoms in total. The molecule has 3 heteroatoms. The molecule has 0 aliphatic carbocycles. The predicted molar refractivity (Wildman–Crippen MR) is 77.9 cm³/mol. The average molecular weight is 260 g/mol. The highest BCUT2D eigenvalue weighted by molar-refractivity contribution is 7.11. The molecule has 0 spiro atoms. The Balaban J connectivity index is 1.99. The molecule has 1 atom stereocenters. The van der Waals surface area contributed by atoms with Gasteiger partial charge in [0.2, 0.25) is 0 Å². The van der Waals surface area contributed by atoms with Gasteiger partial charge in [0, 0.05) is 23.7 Å². The number of nitrogens with zero attached hydrogens (tertiary/aromatic N) is 1. The third kappa shape index (κ3) is 3.40. The summed E-state index contributed by atoms with van der Waals surface area (Å²) < 4.78 is 0. The van der Waals surface area contributed by atoms with Crippen LogP contribution >= 0.6 is 11.3 Å². The van der Waals surface area contributed by atoms with E-state index in [1.165, 1.54) is 16.0 Å². The summed E-state index contributed by atoms with van der Waals surface area (Å²) in [6.45, 7) is 7.29. The summed E-state index contributed by atoms with van der Waals surface area (Å²) in [6, 6.07) is 9.21. The minimum absolute atomic E-state index is 0.424. The van der Waals surface area contributed by atoms with E-state index in [1.807, 2.05) is 13.1 Å². The minimum atomic E-state index is 0.424. The Labute approximate surface area is 113 Å². The van der Waals surface area contributed by atoms with Crippen LogP contribution in [-0.4, -0.2) is 4.98 Å². The van der Waals surface area contributed by atoms with E-state index >= 15 is 0 Å². The van der Waals surface area contributed by atoms with E-state index < -0.39 is 0 Å². The van der Waals surface area contributed by atoms with Gasteiger partial charge in [-0.15, -0.1) is 11.3 Å². The van der Waals surface area contributed by atoms with E-state index in [2.05, 4.69) is 48.4 Å². The van der Waals surface area contributed by atoms with Gasteiger partial charge < -0.3 is 5.32 Å². The molecule has 0 radical (unpaired) electrons. The molecule has 0 aliphatic rings. The summed E-state index contributed by atoms with van der Waals surface area (Å²) in [4.78, 5) is 5.59. The smallest absolute Gasteiger partial charge is 0.0897 e. The SMILES string of the molecule is CCC(NCc1cnc(C)s1)c1ccc(C)cc1. The van der Waals surface area contributed by atoms with Crippen molar-refractivity contribution in [3.05, 3.63) is 51.5 Å². The first kappa shape index (κ1) is 13.2. The summed E-state index contributed by atoms with van der Waals surface area (Å²) in [5.74, 6) is 0. The molecule has 0 aliphatic heterocycles. The molecule has 1 N–H and O–H groups in total. The molecule has 18 heavy (non-hydrogen) atoms. The van der Waals surface area contributed by atoms with Gasteiger partial charge in [0.05, 0.1) is 5.01 Å². The van der Waals surface area contributed by atoms with Crippen LogP contribution in [0.1, 0.15) is 40.4 Å². The highest BCUT2D eigenvalue weighted by Crippen LogP contribution is 2.19. The van der Waals surface area contributed by atoms with Crippen molar-refractivity contribution in [2.45, 2.75) is 39.8 Å². The van der Waals surface area contributed by atoms with Gasteiger partial charge >= 0.3 is 0 Å². The number of rotatable bonds is 5. The molecule has 0 saturated carbocycles. The number of aromatic nitrogens is 1. The van der Waals surface area contributed by atoms with Gasteiger partial charge in [0.15, 0.2) is 0 Å². The summed E-state index contributed by atoms with van der Waals surface area (Å²) in [5, 5.41) is 4.74. The van der Waals surface area contributed by atoms with Crippen molar-refractivity contribution in [3.63, 3.8) is 0 Å². The molecule has 0 amide bonds. The average Bonchev–Trinajstić information content (AvgIpc) is 2.78. The lowest BCUT2D eigenvalue weighted by atomic mass is 10.0. The summed E-state index contributed by atoms with van der Waals surface area (Å²) in [5.41, 5.74) is 2.68. The summed E-state index contributed by atoms with van der Waals surface area (Å²) in [7, 11) is 0. The quantitative estimate of drug-likeness (QED) is 0.879. The molecule has 0 saturated heterocycles. The molecule has 1 unspecified atom stereocenters. The van der Waals surface area contributed by atoms with Crippen molar-refractivity contribution in [2.24, 2.45) is 0 Å². The van der Waals surface area contributed by atoms with E-state index in [-0.39, 0.29) is 0 Å². The number of benzene rings is 1. The fourth-order valence-electron chi connectivity index (χ4n) is 2.01. The molecule has 2 rings (SSSR count). The van der Waals surface area contributed by atoms with Gasteiger partial charge in [0.1, 0.15) is 0 Å². The van der Waals surface area contributed by atoms with E-state index in [4.69, 9.17) is 0 Å². The predicted octanol–water partition coefficient (Wildman–Crippen LogP) is 4.00. The molecule has 1 aromatic carbocycles. The largest absolute Gasteiger partial charge is 0.305 e. The summed E-state index contributed by atoms with van der Waals surface area (Å²) in [6.07, 6.45) is 3.07. The van der Waals surface area contributed by atoms with Crippen LogP contribution in [0, 0.1) is 13.8 Å². The molecular formula is C15H20N2S. The molecule has 1 heterocycles. The molecule has 96 valence electrons. The zero-order valence-electron chi connectivity index (χ0n) is 11.2. The van der Waals surface area contributed by atoms with Crippen molar-refractivity contribution in [3.8, 4) is 0 Å². The van der Waals surface area contributed by atoms with E-state index in [0.717, 1.165) is 18.0 Å². The Kier molecular flexibility index (Phi) is 4.50. The Morgan fingerprint density at radius 2 is 1.94 bits per heavy atom. The molecule has 2 aromatic rings. The van der Waals surface area contributed by atoms with Crippen LogP contribution in [0.2, 0.25) is 0 Å². The second kappa shape index (κ2) is 6.12. The third-order valence-corrected chi connectivity index (χ3v) is 3.99. The maximum atomic E-state index is 4.28. The number of aryl methyl sites for hydroxylation is 2. The van der Waals surface area contributed by atoms with Crippen molar-refractivity contribution >= 4 is 11.3 Å². The van der Waals surface area contributed by atoms with Crippen molar-refractivity contribution in [2.75, 3.05) is 0 Å². The van der Waals surface area contributed by atoms with E-state index in [9.17, 15) is 0 Å². The number of thiazole rings is 1. The second-order valence-corrected chi connectivity index (χ2v) is 5.92. The Morgan fingerprint density at radius 3 is 2.50 bits per heavy atom. The van der Waals surface area contributed by atoms with Crippen LogP contribution in [0.5, 0.6) is 0 Å². The monoisotopic (exact) mass is 260 g/mol. The number of nitrogens with one attached hydrogen (secondary N) is 1. The zero-order chi connectivity index (χ0) is 13.0. The Hall–Kier alpha value is -1.19. The van der Waals surface area contributed by atoms with Crippen LogP contribution in [0.3, 0.4) is 0 Å². The minimum Gasteiger partial charge on any atom is -0.305 e. The maximum Gasteiger partial charge on any atom is 0.0897 e. The second-order valence-electron chi connectivity index (χ2n) is 4.60. The van der Waals surface area contributed by atoms with Crippen LogP contribution in [0.4, 0.5) is 0 Å². The number of hydrogen-bond acceptors (Lipinski definition) is 3. The van der Waals surface area contributed by atoms with Crippen molar-refractivity contribution in [1.29, 1.82) is 0 Å². The van der Waals surface area contributed by atoms with E-state index in [0.29, 0.717) is 6.04 Å². The first-order valence-corrected chi connectivity index (χ1v) is 7.22. The lowest BCUT2D eigenvalue weighted by molar-refractivity contribution is 0.521. The van der Waals surface area contributed by atoms with Gasteiger partial charge in [-0.2, -0.15) is 0 Å². The fourth-order valence-corrected chi connectivity index (χ4v) is 2.75. The zero-order valence-corrected chi connectivity index (χ0v) is 12.1. The number of hydrogen-bond donors (Lipinski definition) is 1. The van der Waals surface area contributed by atoms with Crippen LogP contribution < -0.4 is 5.32 Å². The fraction of sp³-hybridized carbons (Fsp3) is 0.400.